The number of hydrogen-bond donors (Lipinski definition) is 1. The van der Waals surface area contributed by atoms with Crippen molar-refractivity contribution < 1.29 is 13.9 Å². The number of carbonyl (C=O) groups is 1. The molecule has 1 aliphatic heterocycles. The lowest BCUT2D eigenvalue weighted by molar-refractivity contribution is -0.113. The number of aromatic nitrogens is 2. The van der Waals surface area contributed by atoms with E-state index in [2.05, 4.69) is 20.4 Å². The second-order valence-corrected chi connectivity index (χ2v) is 5.98. The number of ether oxygens (including phenoxy) is 1. The zero-order valence-corrected chi connectivity index (χ0v) is 13.4. The van der Waals surface area contributed by atoms with Crippen LogP contribution in [0.15, 0.2) is 40.0 Å². The van der Waals surface area contributed by atoms with Gasteiger partial charge in [-0.2, -0.15) is 0 Å². The molecule has 2 heterocycles. The first-order chi connectivity index (χ1) is 11.3. The molecule has 0 saturated carbocycles. The Morgan fingerprint density at radius 1 is 1.22 bits per heavy atom. The number of morpholine rings is 1. The Hall–Kier alpha value is -1.90. The van der Waals surface area contributed by atoms with Crippen molar-refractivity contribution in [3.8, 4) is 0 Å². The minimum absolute atomic E-state index is 0.103. The van der Waals surface area contributed by atoms with E-state index in [0.717, 1.165) is 32.0 Å². The summed E-state index contributed by atoms with van der Waals surface area (Å²) in [6.07, 6.45) is 0. The summed E-state index contributed by atoms with van der Waals surface area (Å²) in [7, 11) is 0. The van der Waals surface area contributed by atoms with Gasteiger partial charge in [-0.05, 0) is 12.1 Å². The van der Waals surface area contributed by atoms with Crippen LogP contribution in [0.2, 0.25) is 0 Å². The monoisotopic (exact) mass is 334 g/mol. The van der Waals surface area contributed by atoms with E-state index in [1.807, 2.05) is 30.3 Å². The van der Waals surface area contributed by atoms with E-state index >= 15 is 0 Å². The summed E-state index contributed by atoms with van der Waals surface area (Å²) in [4.78, 5) is 14.1. The van der Waals surface area contributed by atoms with Gasteiger partial charge in [-0.25, -0.2) is 0 Å². The molecule has 1 amide bonds. The molecule has 1 aliphatic rings. The van der Waals surface area contributed by atoms with Crippen LogP contribution in [-0.4, -0.2) is 53.1 Å². The highest BCUT2D eigenvalue weighted by molar-refractivity contribution is 7.99. The van der Waals surface area contributed by atoms with Gasteiger partial charge in [-0.1, -0.05) is 30.0 Å². The summed E-state index contributed by atoms with van der Waals surface area (Å²) in [5, 5.41) is 11.2. The predicted molar refractivity (Wildman–Crippen MR) is 86.2 cm³/mol. The Balaban J connectivity index is 1.44. The van der Waals surface area contributed by atoms with Crippen molar-refractivity contribution in [3.05, 3.63) is 36.2 Å². The van der Waals surface area contributed by atoms with Crippen LogP contribution in [0.3, 0.4) is 0 Å². The number of nitrogens with zero attached hydrogens (tertiary/aromatic N) is 3. The molecule has 0 unspecified atom stereocenters. The average Bonchev–Trinajstić information content (AvgIpc) is 3.02. The quantitative estimate of drug-likeness (QED) is 0.804. The van der Waals surface area contributed by atoms with Crippen LogP contribution < -0.4 is 5.32 Å². The van der Waals surface area contributed by atoms with Crippen LogP contribution in [-0.2, 0) is 16.1 Å². The van der Waals surface area contributed by atoms with Crippen molar-refractivity contribution in [1.82, 2.24) is 15.1 Å². The molecule has 7 nitrogen and oxygen atoms in total. The molecule has 1 saturated heterocycles. The van der Waals surface area contributed by atoms with E-state index < -0.39 is 0 Å². The highest BCUT2D eigenvalue weighted by Crippen LogP contribution is 2.17. The van der Waals surface area contributed by atoms with Crippen molar-refractivity contribution in [1.29, 1.82) is 0 Å². The minimum atomic E-state index is -0.103. The molecule has 0 radical (unpaired) electrons. The maximum atomic E-state index is 11.9. The van der Waals surface area contributed by atoms with Crippen molar-refractivity contribution in [3.63, 3.8) is 0 Å². The number of anilines is 1. The van der Waals surface area contributed by atoms with Gasteiger partial charge in [0, 0.05) is 18.8 Å². The lowest BCUT2D eigenvalue weighted by Crippen LogP contribution is -2.35. The van der Waals surface area contributed by atoms with Crippen molar-refractivity contribution in [2.75, 3.05) is 37.4 Å². The second-order valence-electron chi connectivity index (χ2n) is 5.05. The number of amides is 1. The molecule has 0 aliphatic carbocycles. The molecule has 8 heteroatoms. The zero-order chi connectivity index (χ0) is 15.9. The average molecular weight is 334 g/mol. The first-order valence-electron chi connectivity index (χ1n) is 7.40. The van der Waals surface area contributed by atoms with Crippen LogP contribution in [0, 0.1) is 0 Å². The van der Waals surface area contributed by atoms with Crippen LogP contribution in [0.25, 0.3) is 0 Å². The molecule has 1 aromatic heterocycles. The highest BCUT2D eigenvalue weighted by Gasteiger charge is 2.15. The fourth-order valence-corrected chi connectivity index (χ4v) is 2.74. The molecular weight excluding hydrogens is 316 g/mol. The number of thioether (sulfide) groups is 1. The van der Waals surface area contributed by atoms with E-state index in [1.165, 1.54) is 11.8 Å². The van der Waals surface area contributed by atoms with E-state index in [1.54, 1.807) is 0 Å². The lowest BCUT2D eigenvalue weighted by atomic mass is 10.3. The van der Waals surface area contributed by atoms with E-state index in [4.69, 9.17) is 9.15 Å². The molecule has 3 rings (SSSR count). The van der Waals surface area contributed by atoms with Gasteiger partial charge in [-0.15, -0.1) is 10.2 Å². The summed E-state index contributed by atoms with van der Waals surface area (Å²) in [5.41, 5.74) is 0.775. The van der Waals surface area contributed by atoms with Gasteiger partial charge < -0.3 is 14.5 Å². The molecule has 1 N–H and O–H groups in total. The molecule has 122 valence electrons. The Bertz CT molecular complexity index is 629. The number of rotatable bonds is 6. The third-order valence-corrected chi connectivity index (χ3v) is 4.11. The largest absolute Gasteiger partial charge is 0.415 e. The number of benzene rings is 1. The molecule has 2 aromatic rings. The van der Waals surface area contributed by atoms with Crippen molar-refractivity contribution >= 4 is 23.4 Å². The Kier molecular flexibility index (Phi) is 5.62. The first kappa shape index (κ1) is 16.0. The molecular formula is C15H18N4O3S. The predicted octanol–water partition coefficient (Wildman–Crippen LogP) is 1.63. The van der Waals surface area contributed by atoms with Crippen LogP contribution in [0.5, 0.6) is 0 Å². The van der Waals surface area contributed by atoms with Crippen LogP contribution >= 0.6 is 11.8 Å². The van der Waals surface area contributed by atoms with Crippen molar-refractivity contribution in [2.45, 2.75) is 11.8 Å². The zero-order valence-electron chi connectivity index (χ0n) is 12.6. The Morgan fingerprint density at radius 3 is 2.78 bits per heavy atom. The first-order valence-corrected chi connectivity index (χ1v) is 8.38. The lowest BCUT2D eigenvalue weighted by Gasteiger charge is -2.24. The normalized spacial score (nSPS) is 15.5. The van der Waals surface area contributed by atoms with Gasteiger partial charge in [0.1, 0.15) is 0 Å². The van der Waals surface area contributed by atoms with Crippen LogP contribution in [0.1, 0.15) is 5.89 Å². The number of nitrogens with one attached hydrogen (secondary N) is 1. The molecule has 1 aromatic carbocycles. The molecule has 23 heavy (non-hydrogen) atoms. The number of carbonyl (C=O) groups excluding carboxylic acids is 1. The SMILES string of the molecule is O=C(CSc1nnc(CN2CCOCC2)o1)Nc1ccccc1. The fraction of sp³-hybridized carbons (Fsp3) is 0.400. The fourth-order valence-electron chi connectivity index (χ4n) is 2.16. The summed E-state index contributed by atoms with van der Waals surface area (Å²) >= 11 is 1.24. The maximum absolute atomic E-state index is 11.9. The van der Waals surface area contributed by atoms with E-state index in [-0.39, 0.29) is 11.7 Å². The Labute approximate surface area is 138 Å². The van der Waals surface area contributed by atoms with Gasteiger partial charge in [0.05, 0.1) is 25.5 Å². The van der Waals surface area contributed by atoms with Gasteiger partial charge in [-0.3, -0.25) is 9.69 Å². The van der Waals surface area contributed by atoms with Gasteiger partial charge in [0.25, 0.3) is 5.22 Å². The molecule has 0 spiro atoms. The van der Waals surface area contributed by atoms with Gasteiger partial charge >= 0.3 is 0 Å². The van der Waals surface area contributed by atoms with E-state index in [9.17, 15) is 4.79 Å². The van der Waals surface area contributed by atoms with Gasteiger partial charge in [0.2, 0.25) is 11.8 Å². The standard InChI is InChI=1S/C15H18N4O3S/c20-13(16-12-4-2-1-3-5-12)11-23-15-18-17-14(22-15)10-19-6-8-21-9-7-19/h1-5H,6-11H2,(H,16,20). The third kappa shape index (κ3) is 5.05. The van der Waals surface area contributed by atoms with Gasteiger partial charge in [0.15, 0.2) is 0 Å². The topological polar surface area (TPSA) is 80.5 Å². The summed E-state index contributed by atoms with van der Waals surface area (Å²) in [6.45, 7) is 3.81. The van der Waals surface area contributed by atoms with Crippen molar-refractivity contribution in [2.24, 2.45) is 0 Å². The Morgan fingerprint density at radius 2 is 2.00 bits per heavy atom. The highest BCUT2D eigenvalue weighted by atomic mass is 32.2. The summed E-state index contributed by atoms with van der Waals surface area (Å²) < 4.78 is 10.9. The third-order valence-electron chi connectivity index (χ3n) is 3.30. The van der Waals surface area contributed by atoms with E-state index in [0.29, 0.717) is 17.7 Å². The summed E-state index contributed by atoms with van der Waals surface area (Å²) in [5.74, 6) is 0.695. The number of para-hydroxylation sites is 1. The second kappa shape index (κ2) is 8.09. The molecule has 0 bridgehead atoms. The minimum Gasteiger partial charge on any atom is -0.415 e. The van der Waals surface area contributed by atoms with Crippen LogP contribution in [0.4, 0.5) is 5.69 Å². The maximum Gasteiger partial charge on any atom is 0.277 e. The smallest absolute Gasteiger partial charge is 0.277 e. The number of hydrogen-bond acceptors (Lipinski definition) is 7. The molecule has 1 fully saturated rings. The molecule has 0 atom stereocenters. The summed E-state index contributed by atoms with van der Waals surface area (Å²) in [6, 6.07) is 9.33.